The molecule has 8 heteroatoms. The summed E-state index contributed by atoms with van der Waals surface area (Å²) in [6, 6.07) is 0. The van der Waals surface area contributed by atoms with Crippen LogP contribution >= 0.6 is 0 Å². The maximum Gasteiger partial charge on any atom is 0.490 e. The Morgan fingerprint density at radius 1 is 1.22 bits per heavy atom. The zero-order valence-corrected chi connectivity index (χ0v) is 10.2. The number of carbonyl (C=O) groups is 2. The van der Waals surface area contributed by atoms with E-state index in [-0.39, 0.29) is 0 Å². The van der Waals surface area contributed by atoms with Gasteiger partial charge >= 0.3 is 12.1 Å². The number of carboxylic acid groups (broad SMARTS) is 1. The van der Waals surface area contributed by atoms with Gasteiger partial charge in [-0.15, -0.1) is 0 Å². The number of carbonyl (C=O) groups excluding carboxylic acids is 1. The van der Waals surface area contributed by atoms with Gasteiger partial charge in [0.1, 0.15) is 5.78 Å². The van der Waals surface area contributed by atoms with E-state index < -0.39 is 12.1 Å². The second kappa shape index (κ2) is 11.0. The lowest BCUT2D eigenvalue weighted by molar-refractivity contribution is -0.192. The summed E-state index contributed by atoms with van der Waals surface area (Å²) in [5.41, 5.74) is 5.31. The molecule has 0 saturated carbocycles. The predicted molar refractivity (Wildman–Crippen MR) is 60.1 cm³/mol. The lowest BCUT2D eigenvalue weighted by Gasteiger charge is -1.98. The van der Waals surface area contributed by atoms with Gasteiger partial charge in [0.2, 0.25) is 0 Å². The van der Waals surface area contributed by atoms with Crippen LogP contribution in [0.5, 0.6) is 0 Å². The summed E-state index contributed by atoms with van der Waals surface area (Å²) >= 11 is 0. The first-order chi connectivity index (χ1) is 8.25. The van der Waals surface area contributed by atoms with Crippen molar-refractivity contribution < 1.29 is 27.9 Å². The van der Waals surface area contributed by atoms with Crippen LogP contribution in [0.15, 0.2) is 0 Å². The van der Waals surface area contributed by atoms with E-state index in [1.54, 1.807) is 7.05 Å². The number of nitrogens with two attached hydrogens (primary N) is 1. The molecule has 0 atom stereocenters. The Hall–Kier alpha value is -1.15. The van der Waals surface area contributed by atoms with Gasteiger partial charge in [-0.2, -0.15) is 13.2 Å². The van der Waals surface area contributed by atoms with Crippen molar-refractivity contribution >= 4 is 11.8 Å². The monoisotopic (exact) mass is 272 g/mol. The van der Waals surface area contributed by atoms with Gasteiger partial charge in [0.15, 0.2) is 0 Å². The molecule has 108 valence electrons. The quantitative estimate of drug-likeness (QED) is 0.599. The van der Waals surface area contributed by atoms with Crippen molar-refractivity contribution in [1.29, 1.82) is 0 Å². The summed E-state index contributed by atoms with van der Waals surface area (Å²) in [5, 5.41) is 9.96. The zero-order chi connectivity index (χ0) is 14.6. The number of halogens is 3. The van der Waals surface area contributed by atoms with Crippen molar-refractivity contribution in [3.05, 3.63) is 0 Å². The van der Waals surface area contributed by atoms with E-state index in [0.29, 0.717) is 18.7 Å². The molecule has 0 aromatic carbocycles. The molecule has 0 aliphatic carbocycles. The number of Topliss-reactive ketones (excluding diaryl/α,β-unsaturated/α-hetero) is 1. The maximum atomic E-state index is 10.9. The molecule has 0 aliphatic heterocycles. The molecule has 0 rings (SSSR count). The third-order valence-electron chi connectivity index (χ3n) is 1.78. The number of nitrogens with one attached hydrogen (secondary N) is 1. The summed E-state index contributed by atoms with van der Waals surface area (Å²) in [6.45, 7) is 1.24. The summed E-state index contributed by atoms with van der Waals surface area (Å²) in [4.78, 5) is 19.8. The molecular weight excluding hydrogens is 253 g/mol. The van der Waals surface area contributed by atoms with Crippen LogP contribution in [0.1, 0.15) is 25.7 Å². The molecule has 0 radical (unpaired) electrons. The highest BCUT2D eigenvalue weighted by Gasteiger charge is 2.38. The second-order valence-corrected chi connectivity index (χ2v) is 3.47. The van der Waals surface area contributed by atoms with Crippen LogP contribution in [-0.2, 0) is 9.59 Å². The van der Waals surface area contributed by atoms with E-state index in [2.05, 4.69) is 5.32 Å². The normalized spacial score (nSPS) is 10.5. The summed E-state index contributed by atoms with van der Waals surface area (Å²) in [6.07, 6.45) is -1.29. The smallest absolute Gasteiger partial charge is 0.475 e. The first kappa shape index (κ1) is 19.2. The van der Waals surface area contributed by atoms with Crippen molar-refractivity contribution in [3.63, 3.8) is 0 Å². The van der Waals surface area contributed by atoms with E-state index in [4.69, 9.17) is 15.6 Å². The Labute approximate surface area is 104 Å². The fourth-order valence-corrected chi connectivity index (χ4v) is 0.929. The standard InChI is InChI=1S/C8H18N2O.C2HF3O2/c1-10-7-8(11)5-3-2-4-6-9;3-2(4,5)1(6)7/h10H,2-7,9H2,1H3;(H,6,7). The molecule has 0 saturated heterocycles. The number of hydrogen-bond acceptors (Lipinski definition) is 4. The van der Waals surface area contributed by atoms with Gasteiger partial charge in [-0.05, 0) is 26.4 Å². The minimum atomic E-state index is -5.08. The van der Waals surface area contributed by atoms with Crippen molar-refractivity contribution in [3.8, 4) is 0 Å². The van der Waals surface area contributed by atoms with E-state index in [1.165, 1.54) is 0 Å². The van der Waals surface area contributed by atoms with Crippen molar-refractivity contribution in [2.45, 2.75) is 31.9 Å². The Morgan fingerprint density at radius 2 is 1.72 bits per heavy atom. The van der Waals surface area contributed by atoms with Crippen LogP contribution in [-0.4, -0.2) is 43.2 Å². The molecule has 0 aromatic rings. The molecule has 5 nitrogen and oxygen atoms in total. The van der Waals surface area contributed by atoms with Gasteiger partial charge in [0.25, 0.3) is 0 Å². The summed E-state index contributed by atoms with van der Waals surface area (Å²) in [5.74, 6) is -2.46. The van der Waals surface area contributed by atoms with E-state index in [0.717, 1.165) is 25.8 Å². The third kappa shape index (κ3) is 14.9. The molecule has 0 heterocycles. The zero-order valence-electron chi connectivity index (χ0n) is 10.2. The molecule has 0 unspecified atom stereocenters. The van der Waals surface area contributed by atoms with Gasteiger partial charge in [0.05, 0.1) is 6.54 Å². The van der Waals surface area contributed by atoms with Crippen molar-refractivity contribution in [2.24, 2.45) is 5.73 Å². The van der Waals surface area contributed by atoms with Gasteiger partial charge in [0, 0.05) is 6.42 Å². The Morgan fingerprint density at radius 3 is 2.06 bits per heavy atom. The van der Waals surface area contributed by atoms with Gasteiger partial charge in [-0.3, -0.25) is 4.79 Å². The fourth-order valence-electron chi connectivity index (χ4n) is 0.929. The fraction of sp³-hybridized carbons (Fsp3) is 0.800. The number of likely N-dealkylation sites (N-methyl/N-ethyl adjacent to an activating group) is 1. The number of rotatable bonds is 7. The van der Waals surface area contributed by atoms with Crippen LogP contribution in [0.3, 0.4) is 0 Å². The number of hydrogen-bond donors (Lipinski definition) is 3. The van der Waals surface area contributed by atoms with Crippen LogP contribution in [0.4, 0.5) is 13.2 Å². The Balaban J connectivity index is 0. The summed E-state index contributed by atoms with van der Waals surface area (Å²) < 4.78 is 31.7. The molecule has 0 fully saturated rings. The Kier molecular flexibility index (Phi) is 11.7. The topological polar surface area (TPSA) is 92.4 Å². The molecule has 0 spiro atoms. The third-order valence-corrected chi connectivity index (χ3v) is 1.78. The largest absolute Gasteiger partial charge is 0.490 e. The lowest BCUT2D eigenvalue weighted by atomic mass is 10.1. The minimum Gasteiger partial charge on any atom is -0.475 e. The van der Waals surface area contributed by atoms with Crippen LogP contribution in [0.25, 0.3) is 0 Å². The van der Waals surface area contributed by atoms with Crippen molar-refractivity contribution in [2.75, 3.05) is 20.1 Å². The molecule has 0 aromatic heterocycles. The minimum absolute atomic E-state index is 0.296. The lowest BCUT2D eigenvalue weighted by Crippen LogP contribution is -2.21. The number of aliphatic carboxylic acids is 1. The highest BCUT2D eigenvalue weighted by Crippen LogP contribution is 2.13. The van der Waals surface area contributed by atoms with E-state index >= 15 is 0 Å². The van der Waals surface area contributed by atoms with E-state index in [1.807, 2.05) is 0 Å². The van der Waals surface area contributed by atoms with Crippen LogP contribution < -0.4 is 11.1 Å². The Bertz CT molecular complexity index is 245. The van der Waals surface area contributed by atoms with Crippen LogP contribution in [0, 0.1) is 0 Å². The highest BCUT2D eigenvalue weighted by atomic mass is 19.4. The van der Waals surface area contributed by atoms with Crippen LogP contribution in [0.2, 0.25) is 0 Å². The number of alkyl halides is 3. The number of ketones is 1. The van der Waals surface area contributed by atoms with Gasteiger partial charge in [-0.1, -0.05) is 6.42 Å². The molecule has 0 amide bonds. The second-order valence-electron chi connectivity index (χ2n) is 3.47. The first-order valence-electron chi connectivity index (χ1n) is 5.42. The molecule has 18 heavy (non-hydrogen) atoms. The SMILES string of the molecule is CNCC(=O)CCCCCN.O=C(O)C(F)(F)F. The number of carboxylic acids is 1. The average Bonchev–Trinajstić information content (AvgIpc) is 2.24. The average molecular weight is 272 g/mol. The first-order valence-corrected chi connectivity index (χ1v) is 5.42. The highest BCUT2D eigenvalue weighted by molar-refractivity contribution is 5.80. The van der Waals surface area contributed by atoms with Crippen molar-refractivity contribution in [1.82, 2.24) is 5.32 Å². The molecule has 0 aliphatic rings. The summed E-state index contributed by atoms with van der Waals surface area (Å²) in [7, 11) is 1.79. The van der Waals surface area contributed by atoms with Gasteiger partial charge < -0.3 is 16.2 Å². The maximum absolute atomic E-state index is 10.9. The predicted octanol–water partition coefficient (Wildman–Crippen LogP) is 0.927. The molecular formula is C10H19F3N2O3. The molecule has 0 bridgehead atoms. The molecule has 4 N–H and O–H groups in total. The van der Waals surface area contributed by atoms with Gasteiger partial charge in [-0.25, -0.2) is 4.79 Å². The number of unbranched alkanes of at least 4 members (excludes halogenated alkanes) is 2. The van der Waals surface area contributed by atoms with E-state index in [9.17, 15) is 18.0 Å².